The van der Waals surface area contributed by atoms with E-state index in [4.69, 9.17) is 9.94 Å². The van der Waals surface area contributed by atoms with Crippen molar-refractivity contribution in [1.29, 1.82) is 0 Å². The maximum atomic E-state index is 13.1. The molecule has 2 N–H and O–H groups in total. The number of ether oxygens (including phenoxy) is 1. The normalized spacial score (nSPS) is 24.7. The highest BCUT2D eigenvalue weighted by Gasteiger charge is 2.54. The number of carbonyl (C=O) groups is 1. The third kappa shape index (κ3) is 3.18. The van der Waals surface area contributed by atoms with Gasteiger partial charge in [-0.25, -0.2) is 13.9 Å². The van der Waals surface area contributed by atoms with E-state index in [1.54, 1.807) is 42.1 Å². The van der Waals surface area contributed by atoms with Crippen LogP contribution in [0.2, 0.25) is 0 Å². The van der Waals surface area contributed by atoms with E-state index in [1.807, 2.05) is 0 Å². The van der Waals surface area contributed by atoms with Gasteiger partial charge in [0.1, 0.15) is 17.5 Å². The Morgan fingerprint density at radius 3 is 2.44 bits per heavy atom. The molecule has 1 saturated heterocycles. The van der Waals surface area contributed by atoms with Crippen LogP contribution in [0.3, 0.4) is 0 Å². The van der Waals surface area contributed by atoms with Gasteiger partial charge in [0.2, 0.25) is 10.0 Å². The minimum atomic E-state index is -3.87. The van der Waals surface area contributed by atoms with Crippen molar-refractivity contribution in [2.24, 2.45) is 5.92 Å². The number of hydroxylamine groups is 1. The second-order valence-electron chi connectivity index (χ2n) is 6.74. The molecule has 2 heterocycles. The zero-order chi connectivity index (χ0) is 19.0. The van der Waals surface area contributed by atoms with E-state index in [0.717, 1.165) is 12.8 Å². The maximum Gasteiger partial charge on any atom is 0.262 e. The minimum absolute atomic E-state index is 0.0637. The summed E-state index contributed by atoms with van der Waals surface area (Å²) in [6.07, 6.45) is 5.35. The molecule has 1 aromatic heterocycles. The topological polar surface area (TPSA) is 109 Å². The second kappa shape index (κ2) is 6.91. The molecule has 1 aliphatic heterocycles. The number of hydrogen-bond donors (Lipinski definition) is 2. The molecule has 0 spiro atoms. The number of sulfonamides is 1. The zero-order valence-electron chi connectivity index (χ0n) is 14.4. The quantitative estimate of drug-likeness (QED) is 0.597. The molecule has 2 bridgehead atoms. The molecule has 1 aliphatic carbocycles. The smallest absolute Gasteiger partial charge is 0.262 e. The van der Waals surface area contributed by atoms with E-state index < -0.39 is 22.0 Å². The molecule has 4 rings (SSSR count). The van der Waals surface area contributed by atoms with E-state index in [2.05, 4.69) is 4.98 Å². The number of nitrogens with one attached hydrogen (secondary N) is 1. The van der Waals surface area contributed by atoms with Crippen LogP contribution < -0.4 is 10.2 Å². The number of amides is 1. The summed E-state index contributed by atoms with van der Waals surface area (Å²) in [5, 5.41) is 9.01. The molecule has 9 heteroatoms. The van der Waals surface area contributed by atoms with Gasteiger partial charge < -0.3 is 4.74 Å². The van der Waals surface area contributed by atoms with Crippen LogP contribution in [0.4, 0.5) is 0 Å². The summed E-state index contributed by atoms with van der Waals surface area (Å²) in [5.41, 5.74) is 1.61. The van der Waals surface area contributed by atoms with Gasteiger partial charge in [-0.05, 0) is 61.6 Å². The number of pyridine rings is 1. The lowest BCUT2D eigenvalue weighted by Crippen LogP contribution is -2.52. The van der Waals surface area contributed by atoms with E-state index in [-0.39, 0.29) is 16.9 Å². The number of rotatable bonds is 5. The largest absolute Gasteiger partial charge is 0.457 e. The predicted octanol–water partition coefficient (Wildman–Crippen LogP) is 1.92. The number of hydrogen-bond acceptors (Lipinski definition) is 6. The Bertz CT molecular complexity index is 933. The fourth-order valence-corrected chi connectivity index (χ4v) is 5.90. The summed E-state index contributed by atoms with van der Waals surface area (Å²) in [7, 11) is -3.87. The van der Waals surface area contributed by atoms with Gasteiger partial charge in [0.25, 0.3) is 5.91 Å². The lowest BCUT2D eigenvalue weighted by molar-refractivity contribution is -0.134. The minimum Gasteiger partial charge on any atom is -0.457 e. The molecule has 8 nitrogen and oxygen atoms in total. The van der Waals surface area contributed by atoms with Gasteiger partial charge in [0.05, 0.1) is 4.90 Å². The SMILES string of the molecule is O=C(NO)C1C2CCC(C2)N1S(=O)(=O)c1ccc(Oc2ccncc2)cc1. The number of benzene rings is 1. The van der Waals surface area contributed by atoms with Crippen LogP contribution in [0, 0.1) is 5.92 Å². The van der Waals surface area contributed by atoms with Gasteiger partial charge in [-0.1, -0.05) is 0 Å². The molecular formula is C18H19N3O5S. The molecule has 2 aliphatic rings. The fourth-order valence-electron chi connectivity index (χ4n) is 4.03. The molecule has 27 heavy (non-hydrogen) atoms. The summed E-state index contributed by atoms with van der Waals surface area (Å²) in [5.74, 6) is 0.347. The van der Waals surface area contributed by atoms with Crippen LogP contribution in [0.1, 0.15) is 19.3 Å². The molecule has 1 amide bonds. The van der Waals surface area contributed by atoms with Crippen LogP contribution in [0.25, 0.3) is 0 Å². The second-order valence-corrected chi connectivity index (χ2v) is 8.58. The van der Waals surface area contributed by atoms with Crippen LogP contribution >= 0.6 is 0 Å². The van der Waals surface area contributed by atoms with Crippen molar-refractivity contribution in [3.63, 3.8) is 0 Å². The average Bonchev–Trinajstić information content (AvgIpc) is 3.30. The molecule has 0 radical (unpaired) electrons. The molecule has 1 saturated carbocycles. The third-order valence-electron chi connectivity index (χ3n) is 5.19. The van der Waals surface area contributed by atoms with Gasteiger partial charge >= 0.3 is 0 Å². The van der Waals surface area contributed by atoms with Crippen LogP contribution in [0.5, 0.6) is 11.5 Å². The highest BCUT2D eigenvalue weighted by atomic mass is 32.2. The Kier molecular flexibility index (Phi) is 4.58. The van der Waals surface area contributed by atoms with Gasteiger partial charge in [-0.2, -0.15) is 4.31 Å². The molecule has 3 atom stereocenters. The molecule has 142 valence electrons. The van der Waals surface area contributed by atoms with Gasteiger partial charge in [-0.3, -0.25) is 15.0 Å². The van der Waals surface area contributed by atoms with Crippen molar-refractivity contribution < 1.29 is 23.2 Å². The van der Waals surface area contributed by atoms with Crippen molar-refractivity contribution in [1.82, 2.24) is 14.8 Å². The van der Waals surface area contributed by atoms with Crippen LogP contribution in [0.15, 0.2) is 53.7 Å². The van der Waals surface area contributed by atoms with E-state index in [0.29, 0.717) is 17.9 Å². The monoisotopic (exact) mass is 389 g/mol. The third-order valence-corrected chi connectivity index (χ3v) is 7.14. The first-order valence-electron chi connectivity index (χ1n) is 8.66. The highest BCUT2D eigenvalue weighted by molar-refractivity contribution is 7.89. The Morgan fingerprint density at radius 2 is 1.78 bits per heavy atom. The van der Waals surface area contributed by atoms with E-state index >= 15 is 0 Å². The molecule has 2 aromatic rings. The van der Waals surface area contributed by atoms with Gasteiger partial charge in [-0.15, -0.1) is 0 Å². The van der Waals surface area contributed by atoms with Crippen LogP contribution in [-0.2, 0) is 14.8 Å². The molecular weight excluding hydrogens is 370 g/mol. The van der Waals surface area contributed by atoms with Crippen LogP contribution in [-0.4, -0.2) is 40.9 Å². The Hall–Kier alpha value is -2.49. The van der Waals surface area contributed by atoms with Crippen molar-refractivity contribution in [3.05, 3.63) is 48.8 Å². The summed E-state index contributed by atoms with van der Waals surface area (Å²) < 4.78 is 33.2. The van der Waals surface area contributed by atoms with E-state index in [1.165, 1.54) is 16.4 Å². The maximum absolute atomic E-state index is 13.1. The number of fused-ring (bicyclic) bond motifs is 2. The summed E-state index contributed by atoms with van der Waals surface area (Å²) in [4.78, 5) is 16.1. The average molecular weight is 389 g/mol. The number of piperidine rings is 1. The fraction of sp³-hybridized carbons (Fsp3) is 0.333. The predicted molar refractivity (Wildman–Crippen MR) is 94.6 cm³/mol. The number of aromatic nitrogens is 1. The standard InChI is InChI=1S/C18H19N3O5S/c22-18(20-23)17-12-1-2-13(11-12)21(17)27(24,25)16-5-3-14(4-6-16)26-15-7-9-19-10-8-15/h3-10,12-13,17,23H,1-2,11H2,(H,20,22). The molecule has 2 fully saturated rings. The van der Waals surface area contributed by atoms with E-state index in [9.17, 15) is 13.2 Å². The number of nitrogens with zero attached hydrogens (tertiary/aromatic N) is 2. The summed E-state index contributed by atoms with van der Waals surface area (Å²) in [6.45, 7) is 0. The van der Waals surface area contributed by atoms with Crippen molar-refractivity contribution in [2.45, 2.75) is 36.2 Å². The number of carbonyl (C=O) groups excluding carboxylic acids is 1. The molecule has 3 unspecified atom stereocenters. The first kappa shape index (κ1) is 17.9. The zero-order valence-corrected chi connectivity index (χ0v) is 15.2. The summed E-state index contributed by atoms with van der Waals surface area (Å²) in [6, 6.07) is 8.39. The molecule has 1 aromatic carbocycles. The first-order chi connectivity index (χ1) is 13.0. The van der Waals surface area contributed by atoms with Crippen molar-refractivity contribution in [3.8, 4) is 11.5 Å². The van der Waals surface area contributed by atoms with Gasteiger partial charge in [0, 0.05) is 18.4 Å². The Morgan fingerprint density at radius 1 is 1.11 bits per heavy atom. The highest BCUT2D eigenvalue weighted by Crippen LogP contribution is 2.45. The van der Waals surface area contributed by atoms with Crippen molar-refractivity contribution >= 4 is 15.9 Å². The van der Waals surface area contributed by atoms with Crippen molar-refractivity contribution in [2.75, 3.05) is 0 Å². The first-order valence-corrected chi connectivity index (χ1v) is 10.1. The Balaban J connectivity index is 1.59. The Labute approximate surface area is 156 Å². The summed E-state index contributed by atoms with van der Waals surface area (Å²) >= 11 is 0. The van der Waals surface area contributed by atoms with Gasteiger partial charge in [0.15, 0.2) is 0 Å². The lowest BCUT2D eigenvalue weighted by Gasteiger charge is -2.32. The lowest BCUT2D eigenvalue weighted by atomic mass is 10.00.